The molecule has 0 saturated carbocycles. The summed E-state index contributed by atoms with van der Waals surface area (Å²) in [6.45, 7) is 6.07. The van der Waals surface area contributed by atoms with Crippen LogP contribution in [0.25, 0.3) is 0 Å². The van der Waals surface area contributed by atoms with Crippen molar-refractivity contribution < 1.29 is 14.3 Å². The van der Waals surface area contributed by atoms with Gasteiger partial charge in [0.2, 0.25) is 5.88 Å². The predicted octanol–water partition coefficient (Wildman–Crippen LogP) is 4.02. The number of hydrogen-bond donors (Lipinski definition) is 1. The van der Waals surface area contributed by atoms with E-state index in [1.165, 1.54) is 5.56 Å². The number of morpholine rings is 1. The Bertz CT molecular complexity index is 1010. The van der Waals surface area contributed by atoms with Crippen LogP contribution in [-0.4, -0.2) is 41.6 Å². The van der Waals surface area contributed by atoms with E-state index in [4.69, 9.17) is 9.47 Å². The summed E-state index contributed by atoms with van der Waals surface area (Å²) in [5.74, 6) is 0.716. The Morgan fingerprint density at radius 3 is 2.81 bits per heavy atom. The molecule has 2 aromatic carbocycles. The lowest BCUT2D eigenvalue weighted by atomic mass is 10.1. The van der Waals surface area contributed by atoms with Crippen LogP contribution in [0.5, 0.6) is 11.6 Å². The Kier molecular flexibility index (Phi) is 6.92. The topological polar surface area (TPSA) is 63.7 Å². The van der Waals surface area contributed by atoms with Gasteiger partial charge in [-0.15, -0.1) is 0 Å². The van der Waals surface area contributed by atoms with E-state index < -0.39 is 0 Å². The summed E-state index contributed by atoms with van der Waals surface area (Å²) in [7, 11) is 0. The van der Waals surface area contributed by atoms with Crippen LogP contribution in [0.1, 0.15) is 28.4 Å². The number of carbonyl (C=O) groups is 1. The maximum atomic E-state index is 12.8. The summed E-state index contributed by atoms with van der Waals surface area (Å²) < 4.78 is 11.4. The Balaban J connectivity index is 1.38. The van der Waals surface area contributed by atoms with Crippen molar-refractivity contribution >= 4 is 5.91 Å². The van der Waals surface area contributed by atoms with Crippen LogP contribution in [0.3, 0.4) is 0 Å². The van der Waals surface area contributed by atoms with Crippen molar-refractivity contribution in [1.29, 1.82) is 0 Å². The first-order chi connectivity index (χ1) is 15.2. The van der Waals surface area contributed by atoms with Crippen molar-refractivity contribution in [2.75, 3.05) is 19.7 Å². The predicted molar refractivity (Wildman–Crippen MR) is 119 cm³/mol. The van der Waals surface area contributed by atoms with Crippen LogP contribution in [-0.2, 0) is 17.8 Å². The number of nitrogens with zero attached hydrogens (tertiary/aromatic N) is 2. The molecule has 1 aromatic heterocycles. The quantitative estimate of drug-likeness (QED) is 0.629. The van der Waals surface area contributed by atoms with E-state index in [9.17, 15) is 4.79 Å². The molecule has 6 heteroatoms. The molecule has 6 nitrogen and oxygen atoms in total. The molecule has 1 aliphatic heterocycles. The van der Waals surface area contributed by atoms with E-state index in [0.29, 0.717) is 23.7 Å². The van der Waals surface area contributed by atoms with Gasteiger partial charge in [-0.25, -0.2) is 4.98 Å². The number of amides is 1. The van der Waals surface area contributed by atoms with Crippen molar-refractivity contribution in [2.45, 2.75) is 26.1 Å². The number of nitrogens with one attached hydrogen (secondary N) is 1. The summed E-state index contributed by atoms with van der Waals surface area (Å²) in [6.07, 6.45) is 1.88. The first-order valence-corrected chi connectivity index (χ1v) is 10.6. The second-order valence-corrected chi connectivity index (χ2v) is 7.69. The number of pyridine rings is 1. The first-order valence-electron chi connectivity index (χ1n) is 10.6. The molecule has 1 fully saturated rings. The second kappa shape index (κ2) is 10.2. The Labute approximate surface area is 182 Å². The van der Waals surface area contributed by atoms with Gasteiger partial charge in [0.1, 0.15) is 11.3 Å². The molecule has 31 heavy (non-hydrogen) atoms. The number of carbonyl (C=O) groups excluding carboxylic acids is 1. The lowest BCUT2D eigenvalue weighted by molar-refractivity contribution is -0.0212. The van der Waals surface area contributed by atoms with Gasteiger partial charge < -0.3 is 14.8 Å². The SMILES string of the molecule is CC1CN(Cc2cccc(CNC(=O)c3cccnc3Oc3ccccc3)c2)CCO1. The third-order valence-corrected chi connectivity index (χ3v) is 5.15. The summed E-state index contributed by atoms with van der Waals surface area (Å²) in [6, 6.07) is 21.1. The van der Waals surface area contributed by atoms with Crippen LogP contribution in [0.4, 0.5) is 0 Å². The van der Waals surface area contributed by atoms with Gasteiger partial charge in [0, 0.05) is 32.4 Å². The molecule has 1 saturated heterocycles. The number of benzene rings is 2. The Morgan fingerprint density at radius 2 is 1.97 bits per heavy atom. The minimum absolute atomic E-state index is 0.216. The van der Waals surface area contributed by atoms with Crippen molar-refractivity contribution in [1.82, 2.24) is 15.2 Å². The van der Waals surface area contributed by atoms with Gasteiger partial charge in [0.05, 0.1) is 12.7 Å². The summed E-state index contributed by atoms with van der Waals surface area (Å²) in [4.78, 5) is 19.4. The standard InChI is InChI=1S/C25H27N3O3/c1-19-17-28(13-14-30-19)18-21-8-5-7-20(15-21)16-27-24(29)23-11-6-12-26-25(23)31-22-9-3-2-4-10-22/h2-12,15,19H,13-14,16-18H2,1H3,(H,27,29). The fourth-order valence-electron chi connectivity index (χ4n) is 3.65. The third kappa shape index (κ3) is 5.90. The summed E-state index contributed by atoms with van der Waals surface area (Å²) in [5, 5.41) is 2.99. The van der Waals surface area contributed by atoms with E-state index in [1.807, 2.05) is 42.5 Å². The molecule has 1 N–H and O–H groups in total. The zero-order valence-corrected chi connectivity index (χ0v) is 17.7. The minimum atomic E-state index is -0.216. The van der Waals surface area contributed by atoms with E-state index >= 15 is 0 Å². The molecule has 4 rings (SSSR count). The van der Waals surface area contributed by atoms with Gasteiger partial charge in [-0.05, 0) is 42.3 Å². The Morgan fingerprint density at radius 1 is 1.13 bits per heavy atom. The summed E-state index contributed by atoms with van der Waals surface area (Å²) >= 11 is 0. The molecule has 0 spiro atoms. The van der Waals surface area contributed by atoms with E-state index in [2.05, 4.69) is 34.3 Å². The van der Waals surface area contributed by atoms with Crippen LogP contribution in [0.2, 0.25) is 0 Å². The molecular formula is C25H27N3O3. The van der Waals surface area contributed by atoms with Gasteiger partial charge in [0.25, 0.3) is 5.91 Å². The van der Waals surface area contributed by atoms with Gasteiger partial charge in [-0.2, -0.15) is 0 Å². The van der Waals surface area contributed by atoms with Crippen molar-refractivity contribution in [2.24, 2.45) is 0 Å². The zero-order chi connectivity index (χ0) is 21.5. The molecule has 1 amide bonds. The fourth-order valence-corrected chi connectivity index (χ4v) is 3.65. The fraction of sp³-hybridized carbons (Fsp3) is 0.280. The van der Waals surface area contributed by atoms with Crippen LogP contribution >= 0.6 is 0 Å². The molecule has 0 aliphatic carbocycles. The molecule has 0 bridgehead atoms. The van der Waals surface area contributed by atoms with E-state index in [0.717, 1.165) is 31.8 Å². The van der Waals surface area contributed by atoms with E-state index in [1.54, 1.807) is 18.3 Å². The molecule has 0 radical (unpaired) electrons. The molecule has 1 unspecified atom stereocenters. The number of ether oxygens (including phenoxy) is 2. The van der Waals surface area contributed by atoms with Crippen LogP contribution in [0.15, 0.2) is 72.9 Å². The van der Waals surface area contributed by atoms with Gasteiger partial charge in [0.15, 0.2) is 0 Å². The lowest BCUT2D eigenvalue weighted by Gasteiger charge is -2.31. The van der Waals surface area contributed by atoms with Gasteiger partial charge >= 0.3 is 0 Å². The van der Waals surface area contributed by atoms with Gasteiger partial charge in [-0.3, -0.25) is 9.69 Å². The highest BCUT2D eigenvalue weighted by Gasteiger charge is 2.17. The Hall–Kier alpha value is -3.22. The highest BCUT2D eigenvalue weighted by Crippen LogP contribution is 2.22. The van der Waals surface area contributed by atoms with Crippen molar-refractivity contribution in [3.63, 3.8) is 0 Å². The average molecular weight is 418 g/mol. The van der Waals surface area contributed by atoms with Crippen LogP contribution < -0.4 is 10.1 Å². The number of hydrogen-bond acceptors (Lipinski definition) is 5. The average Bonchev–Trinajstić information content (AvgIpc) is 2.79. The number of aromatic nitrogens is 1. The molecular weight excluding hydrogens is 390 g/mol. The normalized spacial score (nSPS) is 16.6. The zero-order valence-electron chi connectivity index (χ0n) is 17.7. The lowest BCUT2D eigenvalue weighted by Crippen LogP contribution is -2.40. The molecule has 2 heterocycles. The smallest absolute Gasteiger partial charge is 0.257 e. The van der Waals surface area contributed by atoms with Crippen molar-refractivity contribution in [3.05, 3.63) is 89.6 Å². The third-order valence-electron chi connectivity index (χ3n) is 5.15. The largest absolute Gasteiger partial charge is 0.438 e. The van der Waals surface area contributed by atoms with E-state index in [-0.39, 0.29) is 12.0 Å². The first kappa shape index (κ1) is 21.0. The maximum absolute atomic E-state index is 12.8. The summed E-state index contributed by atoms with van der Waals surface area (Å²) in [5.41, 5.74) is 2.70. The van der Waals surface area contributed by atoms with Crippen molar-refractivity contribution in [3.8, 4) is 11.6 Å². The minimum Gasteiger partial charge on any atom is -0.438 e. The van der Waals surface area contributed by atoms with Gasteiger partial charge in [-0.1, -0.05) is 42.5 Å². The second-order valence-electron chi connectivity index (χ2n) is 7.69. The highest BCUT2D eigenvalue weighted by molar-refractivity contribution is 5.96. The molecule has 3 aromatic rings. The monoisotopic (exact) mass is 417 g/mol. The highest BCUT2D eigenvalue weighted by atomic mass is 16.5. The molecule has 1 aliphatic rings. The van der Waals surface area contributed by atoms with Crippen LogP contribution in [0, 0.1) is 0 Å². The maximum Gasteiger partial charge on any atom is 0.257 e. The molecule has 160 valence electrons. The molecule has 1 atom stereocenters. The number of rotatable bonds is 7. The number of para-hydroxylation sites is 1.